The lowest BCUT2D eigenvalue weighted by molar-refractivity contribution is 0.561. The van der Waals surface area contributed by atoms with Crippen LogP contribution in [0.4, 0.5) is 5.69 Å². The van der Waals surface area contributed by atoms with Crippen molar-refractivity contribution in [2.45, 2.75) is 31.6 Å². The lowest BCUT2D eigenvalue weighted by Gasteiger charge is -2.17. The fraction of sp³-hybridized carbons (Fsp3) is 0.462. The predicted octanol–water partition coefficient (Wildman–Crippen LogP) is 3.44. The van der Waals surface area contributed by atoms with Crippen LogP contribution in [0.5, 0.6) is 0 Å². The summed E-state index contributed by atoms with van der Waals surface area (Å²) in [6, 6.07) is 6.71. The summed E-state index contributed by atoms with van der Waals surface area (Å²) in [6.07, 6.45) is 1.24. The highest BCUT2D eigenvalue weighted by atomic mass is 32.2. The zero-order chi connectivity index (χ0) is 11.8. The first-order valence-electron chi connectivity index (χ1n) is 5.98. The Bertz CT molecular complexity index is 537. The SMILES string of the molecule is Cc1nc2cc(NC3CCSC3C)ccc2o1. The number of thioether (sulfide) groups is 1. The van der Waals surface area contributed by atoms with Crippen molar-refractivity contribution in [3.8, 4) is 0 Å². The standard InChI is InChI=1S/C13H16N2OS/c1-8-11(5-6-17-8)15-10-3-4-13-12(7-10)14-9(2)16-13/h3-4,7-8,11,15H,5-6H2,1-2H3. The molecule has 0 amide bonds. The van der Waals surface area contributed by atoms with Gasteiger partial charge in [-0.25, -0.2) is 4.98 Å². The van der Waals surface area contributed by atoms with E-state index in [2.05, 4.69) is 29.4 Å². The Morgan fingerprint density at radius 3 is 3.12 bits per heavy atom. The third-order valence-electron chi connectivity index (χ3n) is 3.22. The first-order valence-corrected chi connectivity index (χ1v) is 7.02. The minimum Gasteiger partial charge on any atom is -0.441 e. The maximum absolute atomic E-state index is 5.47. The Morgan fingerprint density at radius 1 is 1.47 bits per heavy atom. The number of hydrogen-bond donors (Lipinski definition) is 1. The van der Waals surface area contributed by atoms with E-state index >= 15 is 0 Å². The number of rotatable bonds is 2. The molecule has 0 spiro atoms. The molecule has 2 heterocycles. The second-order valence-corrected chi connectivity index (χ2v) is 6.02. The van der Waals surface area contributed by atoms with E-state index in [9.17, 15) is 0 Å². The number of nitrogens with zero attached hydrogens (tertiary/aromatic N) is 1. The van der Waals surface area contributed by atoms with Gasteiger partial charge in [0, 0.05) is 23.9 Å². The van der Waals surface area contributed by atoms with E-state index in [1.54, 1.807) is 0 Å². The zero-order valence-corrected chi connectivity index (χ0v) is 10.9. The molecule has 1 aliphatic rings. The van der Waals surface area contributed by atoms with Gasteiger partial charge in [0.2, 0.25) is 0 Å². The van der Waals surface area contributed by atoms with E-state index in [1.807, 2.05) is 24.8 Å². The molecule has 1 aromatic carbocycles. The molecule has 3 nitrogen and oxygen atoms in total. The minimum atomic E-state index is 0.574. The van der Waals surface area contributed by atoms with Crippen molar-refractivity contribution in [1.82, 2.24) is 4.98 Å². The molecule has 4 heteroatoms. The average Bonchev–Trinajstić information content (AvgIpc) is 2.84. The number of oxazole rings is 1. The maximum atomic E-state index is 5.47. The third kappa shape index (κ3) is 2.14. The molecule has 2 aromatic rings. The number of nitrogens with one attached hydrogen (secondary N) is 1. The maximum Gasteiger partial charge on any atom is 0.192 e. The van der Waals surface area contributed by atoms with Crippen molar-refractivity contribution in [3.63, 3.8) is 0 Å². The molecule has 2 atom stereocenters. The van der Waals surface area contributed by atoms with Crippen LogP contribution in [0.1, 0.15) is 19.2 Å². The Morgan fingerprint density at radius 2 is 2.35 bits per heavy atom. The monoisotopic (exact) mass is 248 g/mol. The number of benzene rings is 1. The van der Waals surface area contributed by atoms with Gasteiger partial charge in [-0.15, -0.1) is 0 Å². The molecule has 1 N–H and O–H groups in total. The molecular weight excluding hydrogens is 232 g/mol. The van der Waals surface area contributed by atoms with Crippen LogP contribution in [0.2, 0.25) is 0 Å². The second kappa shape index (κ2) is 4.26. The van der Waals surface area contributed by atoms with Crippen LogP contribution in [0.25, 0.3) is 11.1 Å². The van der Waals surface area contributed by atoms with E-state index in [4.69, 9.17) is 4.42 Å². The van der Waals surface area contributed by atoms with Crippen molar-refractivity contribution >= 4 is 28.5 Å². The summed E-state index contributed by atoms with van der Waals surface area (Å²) in [7, 11) is 0. The highest BCUT2D eigenvalue weighted by Crippen LogP contribution is 2.29. The molecule has 1 aromatic heterocycles. The molecule has 0 radical (unpaired) electrons. The summed E-state index contributed by atoms with van der Waals surface area (Å²) in [5.74, 6) is 1.98. The average molecular weight is 248 g/mol. The van der Waals surface area contributed by atoms with Gasteiger partial charge in [0.05, 0.1) is 0 Å². The number of hydrogen-bond acceptors (Lipinski definition) is 4. The quantitative estimate of drug-likeness (QED) is 0.883. The van der Waals surface area contributed by atoms with Crippen LogP contribution in [0.3, 0.4) is 0 Å². The van der Waals surface area contributed by atoms with Crippen LogP contribution in [-0.2, 0) is 0 Å². The molecule has 1 fully saturated rings. The minimum absolute atomic E-state index is 0.574. The number of anilines is 1. The van der Waals surface area contributed by atoms with E-state index in [-0.39, 0.29) is 0 Å². The molecule has 1 saturated heterocycles. The van der Waals surface area contributed by atoms with E-state index in [0.29, 0.717) is 11.3 Å². The summed E-state index contributed by atoms with van der Waals surface area (Å²) in [6.45, 7) is 4.16. The second-order valence-electron chi connectivity index (χ2n) is 4.53. The van der Waals surface area contributed by atoms with Gasteiger partial charge in [0.25, 0.3) is 0 Å². The first kappa shape index (κ1) is 11.0. The van der Waals surface area contributed by atoms with Crippen molar-refractivity contribution < 1.29 is 4.42 Å². The van der Waals surface area contributed by atoms with E-state index in [0.717, 1.165) is 22.7 Å². The Labute approximate surface area is 105 Å². The van der Waals surface area contributed by atoms with Crippen LogP contribution < -0.4 is 5.32 Å². The van der Waals surface area contributed by atoms with Crippen LogP contribution >= 0.6 is 11.8 Å². The molecule has 1 aliphatic heterocycles. The molecular formula is C13H16N2OS. The topological polar surface area (TPSA) is 38.1 Å². The number of aryl methyl sites for hydroxylation is 1. The van der Waals surface area contributed by atoms with Gasteiger partial charge >= 0.3 is 0 Å². The summed E-state index contributed by atoms with van der Waals surface area (Å²) >= 11 is 2.04. The van der Waals surface area contributed by atoms with Gasteiger partial charge in [0.1, 0.15) is 5.52 Å². The Balaban J connectivity index is 1.85. The van der Waals surface area contributed by atoms with E-state index in [1.165, 1.54) is 12.2 Å². The molecule has 17 heavy (non-hydrogen) atoms. The molecule has 0 bridgehead atoms. The van der Waals surface area contributed by atoms with Crippen molar-refractivity contribution in [2.24, 2.45) is 0 Å². The first-order chi connectivity index (χ1) is 8.22. The van der Waals surface area contributed by atoms with Gasteiger partial charge in [-0.2, -0.15) is 11.8 Å². The lowest BCUT2D eigenvalue weighted by atomic mass is 10.1. The largest absolute Gasteiger partial charge is 0.441 e. The van der Waals surface area contributed by atoms with Gasteiger partial charge < -0.3 is 9.73 Å². The Kier molecular flexibility index (Phi) is 2.74. The highest BCUT2D eigenvalue weighted by molar-refractivity contribution is 8.00. The summed E-state index contributed by atoms with van der Waals surface area (Å²) in [5, 5.41) is 4.27. The van der Waals surface area contributed by atoms with Crippen molar-refractivity contribution in [1.29, 1.82) is 0 Å². The van der Waals surface area contributed by atoms with Gasteiger partial charge in [0.15, 0.2) is 11.5 Å². The van der Waals surface area contributed by atoms with Crippen LogP contribution in [-0.4, -0.2) is 22.0 Å². The van der Waals surface area contributed by atoms with Crippen molar-refractivity contribution in [3.05, 3.63) is 24.1 Å². The fourth-order valence-corrected chi connectivity index (χ4v) is 3.47. The smallest absolute Gasteiger partial charge is 0.192 e. The number of aromatic nitrogens is 1. The normalized spacial score (nSPS) is 24.4. The fourth-order valence-electron chi connectivity index (χ4n) is 2.27. The van der Waals surface area contributed by atoms with E-state index < -0.39 is 0 Å². The summed E-state index contributed by atoms with van der Waals surface area (Å²) in [5.41, 5.74) is 2.94. The van der Waals surface area contributed by atoms with Crippen molar-refractivity contribution in [2.75, 3.05) is 11.1 Å². The molecule has 0 aliphatic carbocycles. The summed E-state index contributed by atoms with van der Waals surface area (Å²) < 4.78 is 5.47. The van der Waals surface area contributed by atoms with Crippen LogP contribution in [0, 0.1) is 6.92 Å². The third-order valence-corrected chi connectivity index (χ3v) is 4.55. The molecule has 0 saturated carbocycles. The zero-order valence-electron chi connectivity index (χ0n) is 10.1. The van der Waals surface area contributed by atoms with Crippen LogP contribution in [0.15, 0.2) is 22.6 Å². The molecule has 2 unspecified atom stereocenters. The molecule has 3 rings (SSSR count). The molecule has 90 valence electrons. The number of fused-ring (bicyclic) bond motifs is 1. The Hall–Kier alpha value is -1.16. The van der Waals surface area contributed by atoms with Gasteiger partial charge in [-0.3, -0.25) is 0 Å². The predicted molar refractivity (Wildman–Crippen MR) is 72.7 cm³/mol. The highest BCUT2D eigenvalue weighted by Gasteiger charge is 2.23. The summed E-state index contributed by atoms with van der Waals surface area (Å²) in [4.78, 5) is 4.36. The lowest BCUT2D eigenvalue weighted by Crippen LogP contribution is -2.24. The van der Waals surface area contributed by atoms with Gasteiger partial charge in [-0.1, -0.05) is 6.92 Å². The van der Waals surface area contributed by atoms with Gasteiger partial charge in [-0.05, 0) is 30.4 Å².